The summed E-state index contributed by atoms with van der Waals surface area (Å²) in [6.07, 6.45) is 11.0. The lowest BCUT2D eigenvalue weighted by Gasteiger charge is -2.62. The first kappa shape index (κ1) is 44.9. The summed E-state index contributed by atoms with van der Waals surface area (Å²) in [5, 5.41) is 63.5. The Morgan fingerprint density at radius 2 is 1.32 bits per heavy atom. The first-order valence-electron chi connectivity index (χ1n) is 21.3. The van der Waals surface area contributed by atoms with Gasteiger partial charge in [0.25, 0.3) is 0 Å². The van der Waals surface area contributed by atoms with Gasteiger partial charge in [-0.1, -0.05) is 71.7 Å². The fourth-order valence-corrected chi connectivity index (χ4v) is 16.7. The zero-order chi connectivity index (χ0) is 39.8. The van der Waals surface area contributed by atoms with Crippen molar-refractivity contribution in [1.29, 1.82) is 0 Å². The van der Waals surface area contributed by atoms with E-state index in [9.17, 15) is 40.2 Å². The van der Waals surface area contributed by atoms with E-state index in [1.807, 2.05) is 6.08 Å². The van der Waals surface area contributed by atoms with Crippen molar-refractivity contribution in [2.45, 2.75) is 171 Å². The predicted molar refractivity (Wildman–Crippen MR) is 220 cm³/mol. The van der Waals surface area contributed by atoms with Crippen molar-refractivity contribution in [3.05, 3.63) is 11.6 Å². The van der Waals surface area contributed by atoms with Crippen LogP contribution in [0.25, 0.3) is 0 Å². The topological polar surface area (TPSA) is 174 Å². The molecule has 0 radical (unpaired) electrons. The minimum Gasteiger partial charge on any atom is -0.461 e. The largest absolute Gasteiger partial charge is 0.461 e. The van der Waals surface area contributed by atoms with E-state index in [4.69, 9.17) is 9.47 Å². The van der Waals surface area contributed by atoms with Gasteiger partial charge in [-0.25, -0.2) is 0 Å². The SMILES string of the molecule is C.CC(=O)O[C@H]1[C@H](Br)CC2C3C(CC[C@@]21CO)[C@@]1(C)CC[C@H](O)CC1C[C@@H]3O.CCC(=O)O[C@H]1[C@H](Br)CC2C3C(CC[C@@]21CO)[C@@]1(C)CC[C@H](O)CC1=C[C@@H]3O. The number of hydrogen-bond acceptors (Lipinski definition) is 10. The Hall–Kier alpha value is -0.600. The van der Waals surface area contributed by atoms with Crippen molar-refractivity contribution < 1.29 is 49.7 Å². The molecule has 0 aromatic rings. The van der Waals surface area contributed by atoms with Crippen molar-refractivity contribution in [2.75, 3.05) is 13.2 Å². The molecular weight excluding hydrogens is 848 g/mol. The van der Waals surface area contributed by atoms with Gasteiger partial charge < -0.3 is 40.1 Å². The van der Waals surface area contributed by atoms with Gasteiger partial charge in [0, 0.05) is 24.2 Å². The Morgan fingerprint density at radius 3 is 1.91 bits per heavy atom. The number of aliphatic hydroxyl groups is 6. The number of rotatable bonds is 5. The van der Waals surface area contributed by atoms with E-state index in [1.165, 1.54) is 12.5 Å². The van der Waals surface area contributed by atoms with Gasteiger partial charge in [0.1, 0.15) is 12.2 Å². The summed E-state index contributed by atoms with van der Waals surface area (Å²) in [6, 6.07) is 0. The summed E-state index contributed by atoms with van der Waals surface area (Å²) < 4.78 is 11.5. The lowest BCUT2D eigenvalue weighted by Crippen LogP contribution is -2.60. The molecule has 0 saturated heterocycles. The molecule has 7 saturated carbocycles. The number of fused-ring (bicyclic) bond motifs is 10. The molecule has 0 heterocycles. The molecule has 8 aliphatic carbocycles. The molecule has 8 aliphatic rings. The summed E-state index contributed by atoms with van der Waals surface area (Å²) >= 11 is 7.46. The van der Waals surface area contributed by atoms with Crippen LogP contribution in [0.1, 0.15) is 125 Å². The second kappa shape index (κ2) is 16.7. The second-order valence-electron chi connectivity index (χ2n) is 19.7. The maximum absolute atomic E-state index is 12.1. The first-order chi connectivity index (χ1) is 26.0. The summed E-state index contributed by atoms with van der Waals surface area (Å²) in [5.41, 5.74) is 0.409. The number of carbonyl (C=O) groups is 2. The number of carbonyl (C=O) groups excluding carboxylic acids is 2. The molecule has 0 aromatic heterocycles. The molecular formula is C44H70Br2O10. The summed E-state index contributed by atoms with van der Waals surface area (Å²) in [6.45, 7) is 7.85. The Balaban J connectivity index is 0.000000187. The Bertz CT molecular complexity index is 1480. The van der Waals surface area contributed by atoms with Crippen LogP contribution in [-0.2, 0) is 19.1 Å². The number of alkyl halides is 2. The molecule has 56 heavy (non-hydrogen) atoms. The highest BCUT2D eigenvalue weighted by atomic mass is 79.9. The smallest absolute Gasteiger partial charge is 0.305 e. The van der Waals surface area contributed by atoms with Crippen LogP contribution in [0, 0.1) is 63.1 Å². The highest BCUT2D eigenvalue weighted by molar-refractivity contribution is 9.09. The molecule has 6 N–H and O–H groups in total. The van der Waals surface area contributed by atoms with Crippen LogP contribution in [0.4, 0.5) is 0 Å². The highest BCUT2D eigenvalue weighted by Crippen LogP contribution is 2.68. The fraction of sp³-hybridized carbons (Fsp3) is 0.909. The van der Waals surface area contributed by atoms with E-state index in [1.54, 1.807) is 6.92 Å². The lowest BCUT2D eigenvalue weighted by molar-refractivity contribution is -0.194. The van der Waals surface area contributed by atoms with Gasteiger partial charge in [0.2, 0.25) is 0 Å². The lowest BCUT2D eigenvalue weighted by atomic mass is 9.44. The van der Waals surface area contributed by atoms with Crippen molar-refractivity contribution in [3.8, 4) is 0 Å². The molecule has 8 rings (SSSR count). The number of ether oxygens (including phenoxy) is 2. The van der Waals surface area contributed by atoms with Gasteiger partial charge in [-0.05, 0) is 136 Å². The monoisotopic (exact) mass is 916 g/mol. The van der Waals surface area contributed by atoms with E-state index in [2.05, 4.69) is 45.7 Å². The van der Waals surface area contributed by atoms with Crippen LogP contribution in [0.5, 0.6) is 0 Å². The summed E-state index contributed by atoms with van der Waals surface area (Å²) in [5.74, 6) is 0.991. The molecule has 7 unspecified atom stereocenters. The molecule has 0 bridgehead atoms. The van der Waals surface area contributed by atoms with E-state index in [-0.39, 0.29) is 101 Å². The standard InChI is InChI=1S/C22H33BrO5.C21H33BrO5.CH4/c1-3-18(27)28-20-16(23)10-15-19-14(5-7-22(15,20)11-24)21(2)6-4-13(25)8-12(21)9-17(19)26;1-11(24)27-19-16(22)9-15-18-14(4-6-21(15,19)10-23)20(2)5-3-13(25)7-12(20)8-17(18)26;/h9,13-17,19-20,24-26H,3-8,10-11H2,1-2H3;12-19,23,25-26H,3-10H2,1-2H3;1H4/t13-,14?,15?,16+,17-,19?,20-,21-,22+;12?,13-,14?,15?,16+,17-,18?,19-,20-,21+;/m00./s1. The molecule has 0 aliphatic heterocycles. The van der Waals surface area contributed by atoms with Crippen LogP contribution in [0.15, 0.2) is 11.6 Å². The third-order valence-corrected chi connectivity index (χ3v) is 19.2. The molecule has 0 aromatic carbocycles. The Kier molecular flexibility index (Phi) is 13.4. The molecule has 19 atom stereocenters. The fourth-order valence-electron chi connectivity index (χ4n) is 14.7. The quantitative estimate of drug-likeness (QED) is 0.106. The summed E-state index contributed by atoms with van der Waals surface area (Å²) in [7, 11) is 0. The van der Waals surface area contributed by atoms with Crippen molar-refractivity contribution in [3.63, 3.8) is 0 Å². The van der Waals surface area contributed by atoms with E-state index < -0.39 is 23.0 Å². The maximum Gasteiger partial charge on any atom is 0.305 e. The van der Waals surface area contributed by atoms with Gasteiger partial charge >= 0.3 is 11.9 Å². The Morgan fingerprint density at radius 1 is 0.750 bits per heavy atom. The minimum absolute atomic E-state index is 0. The number of hydrogen-bond donors (Lipinski definition) is 6. The van der Waals surface area contributed by atoms with E-state index in [0.29, 0.717) is 30.6 Å². The van der Waals surface area contributed by atoms with Crippen LogP contribution in [-0.4, -0.2) is 102 Å². The Labute approximate surface area is 351 Å². The third kappa shape index (κ3) is 7.13. The van der Waals surface area contributed by atoms with Crippen molar-refractivity contribution in [2.24, 2.45) is 63.1 Å². The average molecular weight is 919 g/mol. The van der Waals surface area contributed by atoms with E-state index >= 15 is 0 Å². The zero-order valence-corrected chi connectivity index (χ0v) is 36.3. The zero-order valence-electron chi connectivity index (χ0n) is 33.1. The highest BCUT2D eigenvalue weighted by Gasteiger charge is 2.68. The van der Waals surface area contributed by atoms with Crippen LogP contribution in [0.2, 0.25) is 0 Å². The minimum atomic E-state index is -0.574. The van der Waals surface area contributed by atoms with Gasteiger partial charge in [0.05, 0.1) is 47.3 Å². The molecule has 7 fully saturated rings. The molecule has 10 nitrogen and oxygen atoms in total. The molecule has 320 valence electrons. The number of esters is 2. The van der Waals surface area contributed by atoms with Crippen LogP contribution < -0.4 is 0 Å². The van der Waals surface area contributed by atoms with Gasteiger partial charge in [0.15, 0.2) is 0 Å². The van der Waals surface area contributed by atoms with Gasteiger partial charge in [-0.15, -0.1) is 0 Å². The molecule has 0 spiro atoms. The van der Waals surface area contributed by atoms with Crippen LogP contribution in [0.3, 0.4) is 0 Å². The first-order valence-corrected chi connectivity index (χ1v) is 23.1. The average Bonchev–Trinajstić information content (AvgIpc) is 3.59. The molecule has 0 amide bonds. The third-order valence-electron chi connectivity index (χ3n) is 17.4. The summed E-state index contributed by atoms with van der Waals surface area (Å²) in [4.78, 5) is 23.8. The van der Waals surface area contributed by atoms with E-state index in [0.717, 1.165) is 77.0 Å². The predicted octanol–water partition coefficient (Wildman–Crippen LogP) is 6.22. The maximum atomic E-state index is 12.1. The van der Waals surface area contributed by atoms with Gasteiger partial charge in [-0.2, -0.15) is 0 Å². The second-order valence-corrected chi connectivity index (χ2v) is 22.0. The number of aliphatic hydroxyl groups excluding tert-OH is 6. The van der Waals surface area contributed by atoms with Crippen LogP contribution >= 0.6 is 31.9 Å². The number of halogens is 2. The normalized spacial score (nSPS) is 51.4. The van der Waals surface area contributed by atoms with Gasteiger partial charge in [-0.3, -0.25) is 9.59 Å². The molecule has 12 heteroatoms. The van der Waals surface area contributed by atoms with Crippen molar-refractivity contribution in [1.82, 2.24) is 0 Å². The van der Waals surface area contributed by atoms with Crippen molar-refractivity contribution >= 4 is 43.8 Å².